The van der Waals surface area contributed by atoms with Crippen LogP contribution in [0.4, 0.5) is 0 Å². The van der Waals surface area contributed by atoms with Gasteiger partial charge in [0.15, 0.2) is 0 Å². The maximum Gasteiger partial charge on any atom is 0.00913 e. The highest BCUT2D eigenvalue weighted by Crippen LogP contribution is 2.35. The van der Waals surface area contributed by atoms with Crippen LogP contribution in [0.3, 0.4) is 0 Å². The van der Waals surface area contributed by atoms with Gasteiger partial charge in [-0.05, 0) is 57.5 Å². The van der Waals surface area contributed by atoms with Crippen LogP contribution in [0.15, 0.2) is 0 Å². The zero-order valence-corrected chi connectivity index (χ0v) is 10.5. The second-order valence-corrected chi connectivity index (χ2v) is 4.96. The van der Waals surface area contributed by atoms with Crippen molar-refractivity contribution in [1.82, 2.24) is 5.32 Å². The Bertz CT molecular complexity index is 223. The Morgan fingerprint density at radius 2 is 2.07 bits per heavy atom. The van der Waals surface area contributed by atoms with Crippen molar-refractivity contribution < 1.29 is 0 Å². The van der Waals surface area contributed by atoms with Gasteiger partial charge in [0.2, 0.25) is 0 Å². The van der Waals surface area contributed by atoms with E-state index in [0.717, 1.165) is 24.2 Å². The molecule has 0 aromatic carbocycles. The molecule has 0 bridgehead atoms. The molecule has 0 saturated heterocycles. The molecule has 1 saturated carbocycles. The Morgan fingerprint density at radius 3 is 2.73 bits per heavy atom. The molecule has 3 atom stereocenters. The molecule has 1 rings (SSSR count). The molecule has 15 heavy (non-hydrogen) atoms. The summed E-state index contributed by atoms with van der Waals surface area (Å²) >= 11 is 0. The lowest BCUT2D eigenvalue weighted by atomic mass is 9.73. The molecular formula is C14H25N. The molecule has 3 unspecified atom stereocenters. The number of rotatable bonds is 4. The highest BCUT2D eigenvalue weighted by Gasteiger charge is 2.27. The summed E-state index contributed by atoms with van der Waals surface area (Å²) in [4.78, 5) is 0. The zero-order chi connectivity index (χ0) is 11.1. The lowest BCUT2D eigenvalue weighted by Gasteiger charge is -2.34. The number of hydrogen-bond acceptors (Lipinski definition) is 1. The first-order chi connectivity index (χ1) is 7.27. The van der Waals surface area contributed by atoms with Gasteiger partial charge in [0.1, 0.15) is 0 Å². The number of nitrogens with one attached hydrogen (secondary N) is 1. The molecule has 0 aromatic heterocycles. The van der Waals surface area contributed by atoms with Crippen LogP contribution in [0.25, 0.3) is 0 Å². The molecule has 1 nitrogen and oxygen atoms in total. The molecule has 86 valence electrons. The van der Waals surface area contributed by atoms with Crippen LogP contribution in [0.1, 0.15) is 46.0 Å². The van der Waals surface area contributed by atoms with E-state index < -0.39 is 0 Å². The van der Waals surface area contributed by atoms with Gasteiger partial charge in [-0.1, -0.05) is 13.3 Å². The van der Waals surface area contributed by atoms with Crippen LogP contribution in [0.2, 0.25) is 0 Å². The first-order valence-corrected chi connectivity index (χ1v) is 6.32. The van der Waals surface area contributed by atoms with Gasteiger partial charge in [-0.15, -0.1) is 11.8 Å². The molecule has 1 heteroatoms. The van der Waals surface area contributed by atoms with Crippen molar-refractivity contribution in [3.63, 3.8) is 0 Å². The van der Waals surface area contributed by atoms with E-state index in [1.165, 1.54) is 32.2 Å². The summed E-state index contributed by atoms with van der Waals surface area (Å²) in [6.45, 7) is 5.53. The third kappa shape index (κ3) is 4.26. The van der Waals surface area contributed by atoms with Crippen LogP contribution in [-0.4, -0.2) is 13.6 Å². The maximum absolute atomic E-state index is 3.34. The standard InChI is InChI=1S/C14H25N/c1-4-5-6-7-13-10-12(2)8-9-14(13)11-15-3/h12-15H,6-11H2,1-3H3. The molecule has 0 heterocycles. The Morgan fingerprint density at radius 1 is 1.27 bits per heavy atom. The summed E-state index contributed by atoms with van der Waals surface area (Å²) in [6, 6.07) is 0. The van der Waals surface area contributed by atoms with Gasteiger partial charge in [-0.3, -0.25) is 0 Å². The topological polar surface area (TPSA) is 12.0 Å². The minimum absolute atomic E-state index is 0.893. The fraction of sp³-hybridized carbons (Fsp3) is 0.857. The molecule has 1 aliphatic rings. The van der Waals surface area contributed by atoms with Crippen LogP contribution in [0, 0.1) is 29.6 Å². The Hall–Kier alpha value is -0.480. The second kappa shape index (κ2) is 6.90. The minimum Gasteiger partial charge on any atom is -0.319 e. The quantitative estimate of drug-likeness (QED) is 0.699. The fourth-order valence-electron chi connectivity index (χ4n) is 2.83. The van der Waals surface area contributed by atoms with Crippen LogP contribution in [0.5, 0.6) is 0 Å². The predicted octanol–water partition coefficient (Wildman–Crippen LogP) is 3.06. The summed E-state index contributed by atoms with van der Waals surface area (Å²) in [5, 5.41) is 3.34. The highest BCUT2D eigenvalue weighted by molar-refractivity contribution is 4.95. The minimum atomic E-state index is 0.893. The predicted molar refractivity (Wildman–Crippen MR) is 66.6 cm³/mol. The Labute approximate surface area is 95.0 Å². The third-order valence-corrected chi connectivity index (χ3v) is 3.69. The van der Waals surface area contributed by atoms with Crippen LogP contribution >= 0.6 is 0 Å². The largest absolute Gasteiger partial charge is 0.319 e. The van der Waals surface area contributed by atoms with Crippen molar-refractivity contribution in [3.05, 3.63) is 0 Å². The molecule has 1 aliphatic carbocycles. The van der Waals surface area contributed by atoms with E-state index in [9.17, 15) is 0 Å². The van der Waals surface area contributed by atoms with Gasteiger partial charge in [0.05, 0.1) is 0 Å². The molecule has 0 aliphatic heterocycles. The van der Waals surface area contributed by atoms with Gasteiger partial charge in [-0.25, -0.2) is 0 Å². The summed E-state index contributed by atoms with van der Waals surface area (Å²) in [5.74, 6) is 8.93. The van der Waals surface area contributed by atoms with Crippen molar-refractivity contribution in [1.29, 1.82) is 0 Å². The first kappa shape index (κ1) is 12.6. The average molecular weight is 207 g/mol. The van der Waals surface area contributed by atoms with Gasteiger partial charge in [0.25, 0.3) is 0 Å². The van der Waals surface area contributed by atoms with Crippen molar-refractivity contribution in [3.8, 4) is 11.8 Å². The fourth-order valence-corrected chi connectivity index (χ4v) is 2.83. The van der Waals surface area contributed by atoms with Crippen molar-refractivity contribution >= 4 is 0 Å². The summed E-state index contributed by atoms with van der Waals surface area (Å²) < 4.78 is 0. The van der Waals surface area contributed by atoms with Gasteiger partial charge in [-0.2, -0.15) is 0 Å². The van der Waals surface area contributed by atoms with Crippen molar-refractivity contribution in [2.45, 2.75) is 46.0 Å². The van der Waals surface area contributed by atoms with Crippen molar-refractivity contribution in [2.24, 2.45) is 17.8 Å². The Balaban J connectivity index is 2.41. The van der Waals surface area contributed by atoms with E-state index in [-0.39, 0.29) is 0 Å². The average Bonchev–Trinajstić information content (AvgIpc) is 2.22. The van der Waals surface area contributed by atoms with E-state index in [1.807, 2.05) is 6.92 Å². The molecule has 1 fully saturated rings. The molecule has 0 spiro atoms. The molecular weight excluding hydrogens is 182 g/mol. The lowest BCUT2D eigenvalue weighted by molar-refractivity contribution is 0.178. The number of hydrogen-bond donors (Lipinski definition) is 1. The van der Waals surface area contributed by atoms with Gasteiger partial charge < -0.3 is 5.32 Å². The second-order valence-electron chi connectivity index (χ2n) is 4.96. The summed E-state index contributed by atoms with van der Waals surface area (Å²) in [7, 11) is 2.07. The van der Waals surface area contributed by atoms with Crippen LogP contribution < -0.4 is 5.32 Å². The highest BCUT2D eigenvalue weighted by atomic mass is 14.8. The zero-order valence-electron chi connectivity index (χ0n) is 10.5. The van der Waals surface area contributed by atoms with E-state index in [1.54, 1.807) is 0 Å². The molecule has 0 amide bonds. The molecule has 0 aromatic rings. The van der Waals surface area contributed by atoms with E-state index in [2.05, 4.69) is 31.1 Å². The molecule has 0 radical (unpaired) electrons. The maximum atomic E-state index is 3.34. The van der Waals surface area contributed by atoms with Gasteiger partial charge >= 0.3 is 0 Å². The van der Waals surface area contributed by atoms with E-state index in [4.69, 9.17) is 0 Å². The Kier molecular flexibility index (Phi) is 5.79. The molecule has 1 N–H and O–H groups in total. The summed E-state index contributed by atoms with van der Waals surface area (Å²) in [5.41, 5.74) is 0. The third-order valence-electron chi connectivity index (χ3n) is 3.69. The van der Waals surface area contributed by atoms with Crippen LogP contribution in [-0.2, 0) is 0 Å². The monoisotopic (exact) mass is 207 g/mol. The van der Waals surface area contributed by atoms with Gasteiger partial charge in [0, 0.05) is 6.42 Å². The van der Waals surface area contributed by atoms with Crippen molar-refractivity contribution in [2.75, 3.05) is 13.6 Å². The SMILES string of the molecule is CC#CCCC1CC(C)CCC1CNC. The lowest BCUT2D eigenvalue weighted by Crippen LogP contribution is -2.31. The normalized spacial score (nSPS) is 30.7. The van der Waals surface area contributed by atoms with E-state index >= 15 is 0 Å². The summed E-state index contributed by atoms with van der Waals surface area (Å²) in [6.07, 6.45) is 6.64. The first-order valence-electron chi connectivity index (χ1n) is 6.32. The smallest absolute Gasteiger partial charge is 0.00913 e. The van der Waals surface area contributed by atoms with E-state index in [0.29, 0.717) is 0 Å².